The smallest absolute Gasteiger partial charge is 0.289 e. The number of nitrogens with zero attached hydrogens (tertiary/aromatic N) is 1. The van der Waals surface area contributed by atoms with Crippen LogP contribution in [0.4, 0.5) is 0 Å². The molecule has 1 saturated heterocycles. The number of likely N-dealkylation sites (tertiary alicyclic amines) is 1. The Morgan fingerprint density at radius 2 is 1.68 bits per heavy atom. The minimum Gasteiger partial charge on any atom is -0.450 e. The third-order valence-electron chi connectivity index (χ3n) is 6.20. The van der Waals surface area contributed by atoms with E-state index >= 15 is 0 Å². The lowest BCUT2D eigenvalue weighted by Crippen LogP contribution is -2.45. The number of furan rings is 1. The summed E-state index contributed by atoms with van der Waals surface area (Å²) in [5.41, 5.74) is 3.87. The highest BCUT2D eigenvalue weighted by Crippen LogP contribution is 2.32. The van der Waals surface area contributed by atoms with Crippen LogP contribution < -0.4 is 5.32 Å². The van der Waals surface area contributed by atoms with Gasteiger partial charge in [0.2, 0.25) is 5.91 Å². The summed E-state index contributed by atoms with van der Waals surface area (Å²) < 4.78 is 6.01. The van der Waals surface area contributed by atoms with Crippen molar-refractivity contribution in [2.45, 2.75) is 60.4 Å². The first-order chi connectivity index (χ1) is 13.2. The molecule has 5 heteroatoms. The van der Waals surface area contributed by atoms with E-state index < -0.39 is 0 Å². The Labute approximate surface area is 167 Å². The molecule has 0 aliphatic carbocycles. The molecule has 0 spiro atoms. The minimum absolute atomic E-state index is 0.0218. The standard InChI is InChI=1S/C23H32N2O3/c1-13(2)17(6)24-22(26)18-9-11-25(12-10-18)23(27)21-16(5)19-14(3)7-8-15(4)20(19)28-21/h7-8,13,17-18H,9-12H2,1-6H3,(H,24,26). The minimum atomic E-state index is -0.0677. The van der Waals surface area contributed by atoms with Crippen LogP contribution in [0.5, 0.6) is 0 Å². The molecule has 0 radical (unpaired) electrons. The normalized spacial score (nSPS) is 16.6. The molecule has 1 aliphatic heterocycles. The van der Waals surface area contributed by atoms with Gasteiger partial charge in [-0.25, -0.2) is 0 Å². The average molecular weight is 385 g/mol. The number of carbonyl (C=O) groups is 2. The fraction of sp³-hybridized carbons (Fsp3) is 0.565. The topological polar surface area (TPSA) is 62.6 Å². The van der Waals surface area contributed by atoms with Crippen molar-refractivity contribution in [3.05, 3.63) is 34.6 Å². The van der Waals surface area contributed by atoms with Gasteiger partial charge in [-0.05, 0) is 57.6 Å². The van der Waals surface area contributed by atoms with E-state index in [4.69, 9.17) is 4.42 Å². The molecular weight excluding hydrogens is 352 g/mol. The number of amides is 2. The Balaban J connectivity index is 1.70. The Bertz CT molecular complexity index is 889. The molecule has 1 aliphatic rings. The fourth-order valence-electron chi connectivity index (χ4n) is 3.88. The van der Waals surface area contributed by atoms with Gasteiger partial charge in [0.25, 0.3) is 5.91 Å². The zero-order chi connectivity index (χ0) is 20.6. The van der Waals surface area contributed by atoms with Crippen LogP contribution in [0.15, 0.2) is 16.5 Å². The van der Waals surface area contributed by atoms with Crippen LogP contribution >= 0.6 is 0 Å². The third-order valence-corrected chi connectivity index (χ3v) is 6.20. The molecule has 2 amide bonds. The van der Waals surface area contributed by atoms with Crippen LogP contribution in [0, 0.1) is 32.6 Å². The molecule has 1 aromatic carbocycles. The second-order valence-corrected chi connectivity index (χ2v) is 8.57. The first kappa shape index (κ1) is 20.4. The Hall–Kier alpha value is -2.30. The van der Waals surface area contributed by atoms with E-state index in [1.54, 1.807) is 0 Å². The predicted octanol–water partition coefficient (Wildman–Crippen LogP) is 4.37. The van der Waals surface area contributed by atoms with Gasteiger partial charge in [-0.15, -0.1) is 0 Å². The van der Waals surface area contributed by atoms with Crippen molar-refractivity contribution in [1.29, 1.82) is 0 Å². The summed E-state index contributed by atoms with van der Waals surface area (Å²) in [4.78, 5) is 27.4. The van der Waals surface area contributed by atoms with Gasteiger partial charge >= 0.3 is 0 Å². The third kappa shape index (κ3) is 3.80. The highest BCUT2D eigenvalue weighted by molar-refractivity contribution is 6.00. The lowest BCUT2D eigenvalue weighted by atomic mass is 9.94. The number of benzene rings is 1. The molecule has 1 unspecified atom stereocenters. The Morgan fingerprint density at radius 1 is 1.07 bits per heavy atom. The first-order valence-corrected chi connectivity index (χ1v) is 10.3. The maximum Gasteiger partial charge on any atom is 0.289 e. The van der Waals surface area contributed by atoms with E-state index in [2.05, 4.69) is 25.2 Å². The highest BCUT2D eigenvalue weighted by Gasteiger charge is 2.31. The van der Waals surface area contributed by atoms with Crippen LogP contribution in [0.2, 0.25) is 0 Å². The molecule has 1 fully saturated rings. The maximum atomic E-state index is 13.1. The number of hydrogen-bond donors (Lipinski definition) is 1. The summed E-state index contributed by atoms with van der Waals surface area (Å²) in [5.74, 6) is 0.866. The van der Waals surface area contributed by atoms with Gasteiger partial charge in [-0.3, -0.25) is 9.59 Å². The number of rotatable bonds is 4. The second-order valence-electron chi connectivity index (χ2n) is 8.57. The van der Waals surface area contributed by atoms with Gasteiger partial charge in [0.15, 0.2) is 5.76 Å². The highest BCUT2D eigenvalue weighted by atomic mass is 16.3. The largest absolute Gasteiger partial charge is 0.450 e. The number of fused-ring (bicyclic) bond motifs is 1. The molecule has 3 rings (SSSR count). The van der Waals surface area contributed by atoms with Gasteiger partial charge in [0.05, 0.1) is 0 Å². The molecule has 1 N–H and O–H groups in total. The summed E-state index contributed by atoms with van der Waals surface area (Å²) in [6.07, 6.45) is 1.39. The molecule has 1 aromatic heterocycles. The van der Waals surface area contributed by atoms with Gasteiger partial charge in [-0.2, -0.15) is 0 Å². The summed E-state index contributed by atoms with van der Waals surface area (Å²) >= 11 is 0. The van der Waals surface area contributed by atoms with Gasteiger partial charge in [0, 0.05) is 36.0 Å². The molecule has 1 atom stereocenters. The quantitative estimate of drug-likeness (QED) is 0.851. The van der Waals surface area contributed by atoms with E-state index in [0.717, 1.165) is 27.7 Å². The molecule has 28 heavy (non-hydrogen) atoms. The van der Waals surface area contributed by atoms with Crippen LogP contribution in [-0.2, 0) is 4.79 Å². The van der Waals surface area contributed by atoms with Crippen LogP contribution in [-0.4, -0.2) is 35.8 Å². The Kier molecular flexibility index (Phi) is 5.82. The maximum absolute atomic E-state index is 13.1. The summed E-state index contributed by atoms with van der Waals surface area (Å²) in [7, 11) is 0. The van der Waals surface area contributed by atoms with Crippen molar-refractivity contribution in [3.63, 3.8) is 0 Å². The van der Waals surface area contributed by atoms with E-state index in [0.29, 0.717) is 37.6 Å². The Morgan fingerprint density at radius 3 is 2.25 bits per heavy atom. The van der Waals surface area contributed by atoms with Crippen molar-refractivity contribution < 1.29 is 14.0 Å². The molecule has 0 saturated carbocycles. The van der Waals surface area contributed by atoms with Crippen LogP contribution in [0.25, 0.3) is 11.0 Å². The number of hydrogen-bond acceptors (Lipinski definition) is 3. The first-order valence-electron chi connectivity index (χ1n) is 10.3. The van der Waals surface area contributed by atoms with Gasteiger partial charge in [0.1, 0.15) is 5.58 Å². The summed E-state index contributed by atoms with van der Waals surface area (Å²) in [6, 6.07) is 4.25. The number of nitrogens with one attached hydrogen (secondary N) is 1. The van der Waals surface area contributed by atoms with Crippen molar-refractivity contribution >= 4 is 22.8 Å². The number of aryl methyl sites for hydroxylation is 3. The van der Waals surface area contributed by atoms with Gasteiger partial charge in [-0.1, -0.05) is 26.0 Å². The lowest BCUT2D eigenvalue weighted by molar-refractivity contribution is -0.127. The van der Waals surface area contributed by atoms with E-state index in [-0.39, 0.29) is 23.8 Å². The molecule has 2 aromatic rings. The summed E-state index contributed by atoms with van der Waals surface area (Å²) in [6.45, 7) is 13.4. The van der Waals surface area contributed by atoms with Crippen molar-refractivity contribution in [3.8, 4) is 0 Å². The fourth-order valence-corrected chi connectivity index (χ4v) is 3.88. The van der Waals surface area contributed by atoms with Crippen molar-refractivity contribution in [2.75, 3.05) is 13.1 Å². The second kappa shape index (κ2) is 7.98. The molecule has 5 nitrogen and oxygen atoms in total. The zero-order valence-electron chi connectivity index (χ0n) is 17.9. The monoisotopic (exact) mass is 384 g/mol. The zero-order valence-corrected chi connectivity index (χ0v) is 17.9. The molecule has 152 valence electrons. The van der Waals surface area contributed by atoms with Crippen LogP contribution in [0.3, 0.4) is 0 Å². The molecular formula is C23H32N2O3. The predicted molar refractivity (Wildman–Crippen MR) is 111 cm³/mol. The van der Waals surface area contributed by atoms with Crippen LogP contribution in [0.1, 0.15) is 60.9 Å². The number of piperidine rings is 1. The van der Waals surface area contributed by atoms with E-state index in [1.807, 2.05) is 38.7 Å². The average Bonchev–Trinajstić information content (AvgIpc) is 3.02. The SMILES string of the molecule is Cc1ccc(C)c2c(C)c(C(=O)N3CCC(C(=O)NC(C)C(C)C)CC3)oc12. The van der Waals surface area contributed by atoms with Gasteiger partial charge < -0.3 is 14.6 Å². The number of carbonyl (C=O) groups excluding carboxylic acids is 2. The lowest BCUT2D eigenvalue weighted by Gasteiger charge is -2.32. The molecule has 2 heterocycles. The van der Waals surface area contributed by atoms with E-state index in [1.165, 1.54) is 0 Å². The van der Waals surface area contributed by atoms with Crippen molar-refractivity contribution in [1.82, 2.24) is 10.2 Å². The van der Waals surface area contributed by atoms with E-state index in [9.17, 15) is 9.59 Å². The molecule has 0 bridgehead atoms. The summed E-state index contributed by atoms with van der Waals surface area (Å²) in [5, 5.41) is 4.15. The van der Waals surface area contributed by atoms with Crippen molar-refractivity contribution in [2.24, 2.45) is 11.8 Å².